The maximum absolute atomic E-state index is 11.1. The number of nitrogens with one attached hydrogen (secondary N) is 2. The van der Waals surface area contributed by atoms with Gasteiger partial charge in [0.05, 0.1) is 12.6 Å². The number of anilines is 1. The van der Waals surface area contributed by atoms with Gasteiger partial charge >= 0.3 is 6.03 Å². The summed E-state index contributed by atoms with van der Waals surface area (Å²) in [5.74, 6) is 0. The van der Waals surface area contributed by atoms with Gasteiger partial charge in [0, 0.05) is 0 Å². The number of rotatable bonds is 3. The molecule has 0 aliphatic heterocycles. The molecular formula is C6H10N4O2S. The van der Waals surface area contributed by atoms with Crippen LogP contribution in [0.5, 0.6) is 0 Å². The fourth-order valence-electron chi connectivity index (χ4n) is 0.630. The summed E-state index contributed by atoms with van der Waals surface area (Å²) < 4.78 is 0. The van der Waals surface area contributed by atoms with Crippen molar-refractivity contribution in [2.24, 2.45) is 0 Å². The van der Waals surface area contributed by atoms with Gasteiger partial charge in [0.15, 0.2) is 0 Å². The Hall–Kier alpha value is -1.21. The first-order chi connectivity index (χ1) is 6.22. The average Bonchev–Trinajstić information content (AvgIpc) is 2.56. The first kappa shape index (κ1) is 9.87. The minimum atomic E-state index is -0.390. The lowest BCUT2D eigenvalue weighted by atomic mass is 10.4. The van der Waals surface area contributed by atoms with E-state index in [4.69, 9.17) is 5.11 Å². The second-order valence-electron chi connectivity index (χ2n) is 2.43. The summed E-state index contributed by atoms with van der Waals surface area (Å²) in [5.41, 5.74) is 1.52. The summed E-state index contributed by atoms with van der Waals surface area (Å²) in [6.45, 7) is 1.60. The SMILES string of the molecule is CC(CO)NC(=O)Nc1nncs1. The second kappa shape index (κ2) is 4.73. The monoisotopic (exact) mass is 202 g/mol. The molecule has 1 aromatic heterocycles. The normalized spacial score (nSPS) is 12.2. The molecule has 0 aliphatic carbocycles. The molecular weight excluding hydrogens is 192 g/mol. The zero-order valence-electron chi connectivity index (χ0n) is 7.02. The van der Waals surface area contributed by atoms with E-state index in [-0.39, 0.29) is 12.6 Å². The Morgan fingerprint density at radius 3 is 3.15 bits per heavy atom. The molecule has 3 N–H and O–H groups in total. The van der Waals surface area contributed by atoms with Crippen LogP contribution in [0.4, 0.5) is 9.93 Å². The first-order valence-electron chi connectivity index (χ1n) is 3.67. The zero-order valence-corrected chi connectivity index (χ0v) is 7.84. The largest absolute Gasteiger partial charge is 0.394 e. The van der Waals surface area contributed by atoms with Gasteiger partial charge in [-0.2, -0.15) is 0 Å². The summed E-state index contributed by atoms with van der Waals surface area (Å²) in [6, 6.07) is -0.661. The summed E-state index contributed by atoms with van der Waals surface area (Å²) in [6.07, 6.45) is 0. The molecule has 1 heterocycles. The number of urea groups is 1. The smallest absolute Gasteiger partial charge is 0.321 e. The van der Waals surface area contributed by atoms with Crippen molar-refractivity contribution in [2.45, 2.75) is 13.0 Å². The molecule has 1 rings (SSSR count). The summed E-state index contributed by atoms with van der Waals surface area (Å²) in [7, 11) is 0. The van der Waals surface area contributed by atoms with Gasteiger partial charge in [0.2, 0.25) is 5.13 Å². The Bertz CT molecular complexity index is 264. The van der Waals surface area contributed by atoms with Crippen LogP contribution in [-0.2, 0) is 0 Å². The van der Waals surface area contributed by atoms with Gasteiger partial charge in [0.25, 0.3) is 0 Å². The molecule has 13 heavy (non-hydrogen) atoms. The third-order valence-corrected chi connectivity index (χ3v) is 1.84. The average molecular weight is 202 g/mol. The number of nitrogens with zero attached hydrogens (tertiary/aromatic N) is 2. The molecule has 0 aliphatic rings. The highest BCUT2D eigenvalue weighted by Gasteiger charge is 2.06. The van der Waals surface area contributed by atoms with Gasteiger partial charge in [0.1, 0.15) is 5.51 Å². The second-order valence-corrected chi connectivity index (χ2v) is 3.26. The van der Waals surface area contributed by atoms with E-state index in [0.29, 0.717) is 5.13 Å². The van der Waals surface area contributed by atoms with E-state index < -0.39 is 6.03 Å². The molecule has 7 heteroatoms. The predicted octanol–water partition coefficient (Wildman–Crippen LogP) is 0.0404. The number of hydrogen-bond acceptors (Lipinski definition) is 5. The molecule has 0 spiro atoms. The van der Waals surface area contributed by atoms with Crippen molar-refractivity contribution in [3.8, 4) is 0 Å². The van der Waals surface area contributed by atoms with E-state index in [1.165, 1.54) is 16.8 Å². The molecule has 6 nitrogen and oxygen atoms in total. The van der Waals surface area contributed by atoms with Gasteiger partial charge in [-0.3, -0.25) is 5.32 Å². The van der Waals surface area contributed by atoms with E-state index in [0.717, 1.165) is 0 Å². The lowest BCUT2D eigenvalue weighted by Gasteiger charge is -2.09. The number of amides is 2. The molecule has 0 fully saturated rings. The molecule has 2 amide bonds. The molecule has 0 saturated heterocycles. The van der Waals surface area contributed by atoms with Gasteiger partial charge < -0.3 is 10.4 Å². The number of carbonyl (C=O) groups is 1. The summed E-state index contributed by atoms with van der Waals surface area (Å²) in [4.78, 5) is 11.1. The number of aliphatic hydroxyl groups is 1. The molecule has 0 bridgehead atoms. The van der Waals surface area contributed by atoms with E-state index in [1.54, 1.807) is 6.92 Å². The fourth-order valence-corrected chi connectivity index (χ4v) is 1.07. The van der Waals surface area contributed by atoms with Crippen LogP contribution in [-0.4, -0.2) is 34.0 Å². The van der Waals surface area contributed by atoms with Crippen LogP contribution >= 0.6 is 11.3 Å². The molecule has 0 aromatic carbocycles. The van der Waals surface area contributed by atoms with Crippen LogP contribution in [0.25, 0.3) is 0 Å². The Balaban J connectivity index is 2.34. The highest BCUT2D eigenvalue weighted by atomic mass is 32.1. The lowest BCUT2D eigenvalue weighted by molar-refractivity contribution is 0.229. The number of aromatic nitrogens is 2. The van der Waals surface area contributed by atoms with Crippen LogP contribution in [0.3, 0.4) is 0 Å². The van der Waals surface area contributed by atoms with Crippen LogP contribution in [0, 0.1) is 0 Å². The molecule has 1 aromatic rings. The molecule has 1 atom stereocenters. The van der Waals surface area contributed by atoms with E-state index in [2.05, 4.69) is 20.8 Å². The quantitative estimate of drug-likeness (QED) is 0.646. The highest BCUT2D eigenvalue weighted by Crippen LogP contribution is 2.06. The molecule has 1 unspecified atom stereocenters. The molecule has 72 valence electrons. The number of hydrogen-bond donors (Lipinski definition) is 3. The fraction of sp³-hybridized carbons (Fsp3) is 0.500. The van der Waals surface area contributed by atoms with Crippen molar-refractivity contribution in [3.63, 3.8) is 0 Å². The van der Waals surface area contributed by atoms with Gasteiger partial charge in [-0.15, -0.1) is 10.2 Å². The van der Waals surface area contributed by atoms with E-state index >= 15 is 0 Å². The van der Waals surface area contributed by atoms with Crippen molar-refractivity contribution in [1.29, 1.82) is 0 Å². The van der Waals surface area contributed by atoms with Crippen molar-refractivity contribution in [2.75, 3.05) is 11.9 Å². The van der Waals surface area contributed by atoms with Crippen molar-refractivity contribution >= 4 is 22.5 Å². The lowest BCUT2D eigenvalue weighted by Crippen LogP contribution is -2.38. The predicted molar refractivity (Wildman–Crippen MR) is 48.6 cm³/mol. The minimum Gasteiger partial charge on any atom is -0.394 e. The van der Waals surface area contributed by atoms with Crippen molar-refractivity contribution in [1.82, 2.24) is 15.5 Å². The van der Waals surface area contributed by atoms with Gasteiger partial charge in [-0.05, 0) is 6.92 Å². The van der Waals surface area contributed by atoms with Crippen LogP contribution in [0.1, 0.15) is 6.92 Å². The van der Waals surface area contributed by atoms with Crippen LogP contribution in [0.15, 0.2) is 5.51 Å². The summed E-state index contributed by atoms with van der Waals surface area (Å²) >= 11 is 1.23. The Labute approximate surface area is 79.0 Å². The third-order valence-electron chi connectivity index (χ3n) is 1.23. The van der Waals surface area contributed by atoms with Gasteiger partial charge in [-0.25, -0.2) is 4.79 Å². The standard InChI is InChI=1S/C6H10N4O2S/c1-4(2-11)8-5(12)9-6-10-7-3-13-6/h3-4,11H,2H2,1H3,(H2,8,9,10,12). The third kappa shape index (κ3) is 3.34. The Morgan fingerprint density at radius 1 is 1.85 bits per heavy atom. The molecule has 0 radical (unpaired) electrons. The molecule has 0 saturated carbocycles. The van der Waals surface area contributed by atoms with E-state index in [9.17, 15) is 4.79 Å². The minimum absolute atomic E-state index is 0.0937. The summed E-state index contributed by atoms with van der Waals surface area (Å²) in [5, 5.41) is 21.2. The first-order valence-corrected chi connectivity index (χ1v) is 4.55. The Morgan fingerprint density at radius 2 is 2.62 bits per heavy atom. The van der Waals surface area contributed by atoms with Crippen molar-refractivity contribution in [3.05, 3.63) is 5.51 Å². The number of carbonyl (C=O) groups excluding carboxylic acids is 1. The Kier molecular flexibility index (Phi) is 3.59. The highest BCUT2D eigenvalue weighted by molar-refractivity contribution is 7.13. The van der Waals surface area contributed by atoms with Crippen molar-refractivity contribution < 1.29 is 9.90 Å². The maximum Gasteiger partial charge on any atom is 0.321 e. The van der Waals surface area contributed by atoms with Gasteiger partial charge in [-0.1, -0.05) is 11.3 Å². The van der Waals surface area contributed by atoms with Crippen LogP contribution in [0.2, 0.25) is 0 Å². The van der Waals surface area contributed by atoms with Crippen LogP contribution < -0.4 is 10.6 Å². The van der Waals surface area contributed by atoms with E-state index in [1.807, 2.05) is 0 Å². The zero-order chi connectivity index (χ0) is 9.68. The topological polar surface area (TPSA) is 87.1 Å². The maximum atomic E-state index is 11.1. The number of aliphatic hydroxyl groups excluding tert-OH is 1.